The topological polar surface area (TPSA) is 78.3 Å². The Balaban J connectivity index is 1.64. The summed E-state index contributed by atoms with van der Waals surface area (Å²) in [5.74, 6) is 0.539. The van der Waals surface area contributed by atoms with Crippen LogP contribution < -0.4 is 5.32 Å². The fourth-order valence-corrected chi connectivity index (χ4v) is 2.62. The molecule has 0 amide bonds. The second-order valence-corrected chi connectivity index (χ2v) is 7.38. The molecule has 24 heavy (non-hydrogen) atoms. The Morgan fingerprint density at radius 3 is 2.79 bits per heavy atom. The highest BCUT2D eigenvalue weighted by Gasteiger charge is 2.23. The second-order valence-electron chi connectivity index (χ2n) is 7.38. The maximum atomic E-state index is 11.8. The van der Waals surface area contributed by atoms with Gasteiger partial charge in [0.15, 0.2) is 6.73 Å². The summed E-state index contributed by atoms with van der Waals surface area (Å²) in [5, 5.41) is 11.2. The summed E-state index contributed by atoms with van der Waals surface area (Å²) in [4.78, 5) is 11.8. The first kappa shape index (κ1) is 18.9. The molecule has 0 aliphatic carbocycles. The van der Waals surface area contributed by atoms with E-state index in [-0.39, 0.29) is 12.7 Å². The number of hydrogen-bond acceptors (Lipinski definition) is 6. The van der Waals surface area contributed by atoms with Crippen molar-refractivity contribution in [3.05, 3.63) is 11.9 Å². The number of piperidine rings is 1. The Labute approximate surface area is 144 Å². The molecule has 7 heteroatoms. The van der Waals surface area contributed by atoms with E-state index in [1.54, 1.807) is 10.9 Å². The Kier molecular flexibility index (Phi) is 7.17. The van der Waals surface area contributed by atoms with Gasteiger partial charge in [0.1, 0.15) is 0 Å². The van der Waals surface area contributed by atoms with Gasteiger partial charge in [-0.15, -0.1) is 5.10 Å². The van der Waals surface area contributed by atoms with Gasteiger partial charge in [-0.3, -0.25) is 4.79 Å². The van der Waals surface area contributed by atoms with Crippen molar-refractivity contribution in [1.29, 1.82) is 0 Å². The van der Waals surface area contributed by atoms with Gasteiger partial charge < -0.3 is 14.8 Å². The molecule has 0 unspecified atom stereocenters. The number of nitrogens with one attached hydrogen (secondary N) is 1. The molecular weight excluding hydrogens is 308 g/mol. The molecule has 0 saturated carbocycles. The minimum atomic E-state index is -0.515. The molecule has 0 bridgehead atoms. The number of esters is 1. The molecular formula is C17H30N4O3. The van der Waals surface area contributed by atoms with Crippen LogP contribution in [-0.4, -0.2) is 47.3 Å². The average Bonchev–Trinajstić information content (AvgIpc) is 2.99. The normalized spacial score (nSPS) is 16.3. The molecule has 1 aromatic heterocycles. The van der Waals surface area contributed by atoms with E-state index in [1.165, 1.54) is 12.8 Å². The van der Waals surface area contributed by atoms with Crippen molar-refractivity contribution in [2.45, 2.75) is 53.2 Å². The Bertz CT molecular complexity index is 504. The number of rotatable bonds is 8. The molecule has 0 radical (unpaired) electrons. The number of ether oxygens (including phenoxy) is 2. The molecule has 136 valence electrons. The lowest BCUT2D eigenvalue weighted by Gasteiger charge is -2.22. The third kappa shape index (κ3) is 6.20. The van der Waals surface area contributed by atoms with Crippen LogP contribution in [0.25, 0.3) is 0 Å². The van der Waals surface area contributed by atoms with Crippen LogP contribution in [-0.2, 0) is 27.4 Å². The summed E-state index contributed by atoms with van der Waals surface area (Å²) < 4.78 is 12.6. The van der Waals surface area contributed by atoms with Gasteiger partial charge in [-0.05, 0) is 59.0 Å². The Morgan fingerprint density at radius 2 is 2.08 bits per heavy atom. The van der Waals surface area contributed by atoms with E-state index in [0.29, 0.717) is 13.0 Å². The third-order valence-electron chi connectivity index (χ3n) is 4.26. The first-order chi connectivity index (χ1) is 11.5. The van der Waals surface area contributed by atoms with Crippen molar-refractivity contribution in [2.75, 3.05) is 26.3 Å². The van der Waals surface area contributed by atoms with E-state index < -0.39 is 5.41 Å². The van der Waals surface area contributed by atoms with Crippen LogP contribution in [0.1, 0.15) is 45.7 Å². The van der Waals surface area contributed by atoms with Crippen LogP contribution in [0.4, 0.5) is 0 Å². The zero-order valence-corrected chi connectivity index (χ0v) is 15.1. The lowest BCUT2D eigenvalue weighted by Crippen LogP contribution is -2.28. The fraction of sp³-hybridized carbons (Fsp3) is 0.824. The van der Waals surface area contributed by atoms with Gasteiger partial charge in [-0.2, -0.15) is 0 Å². The van der Waals surface area contributed by atoms with Crippen molar-refractivity contribution in [3.8, 4) is 0 Å². The molecule has 2 rings (SSSR count). The summed E-state index contributed by atoms with van der Waals surface area (Å²) in [6.07, 6.45) is 6.04. The van der Waals surface area contributed by atoms with E-state index in [9.17, 15) is 4.79 Å². The molecule has 1 aromatic rings. The summed E-state index contributed by atoms with van der Waals surface area (Å²) in [7, 11) is 0. The standard InChI is InChI=1S/C17H30N4O3/c1-17(2,3)16(22)24-13-21-15(12-19-20-21)7-11-23-10-6-14-4-8-18-9-5-14/h12,14,18H,4-11,13H2,1-3H3. The van der Waals surface area contributed by atoms with Crippen molar-refractivity contribution in [2.24, 2.45) is 11.3 Å². The number of carbonyl (C=O) groups is 1. The van der Waals surface area contributed by atoms with Crippen LogP contribution in [0, 0.1) is 11.3 Å². The quantitative estimate of drug-likeness (QED) is 0.575. The highest BCUT2D eigenvalue weighted by molar-refractivity contribution is 5.75. The molecule has 0 atom stereocenters. The summed E-state index contributed by atoms with van der Waals surface area (Å²) in [6.45, 7) is 9.26. The van der Waals surface area contributed by atoms with E-state index in [4.69, 9.17) is 9.47 Å². The largest absolute Gasteiger partial charge is 0.442 e. The van der Waals surface area contributed by atoms with Gasteiger partial charge in [-0.25, -0.2) is 4.68 Å². The number of aromatic nitrogens is 3. The highest BCUT2D eigenvalue weighted by atomic mass is 16.5. The van der Waals surface area contributed by atoms with E-state index >= 15 is 0 Å². The number of hydrogen-bond donors (Lipinski definition) is 1. The van der Waals surface area contributed by atoms with Gasteiger partial charge in [0.25, 0.3) is 0 Å². The minimum Gasteiger partial charge on any atom is -0.442 e. The predicted molar refractivity (Wildman–Crippen MR) is 90.3 cm³/mol. The summed E-state index contributed by atoms with van der Waals surface area (Å²) in [6, 6.07) is 0. The van der Waals surface area contributed by atoms with Crippen LogP contribution >= 0.6 is 0 Å². The molecule has 0 aromatic carbocycles. The average molecular weight is 338 g/mol. The number of nitrogens with zero attached hydrogens (tertiary/aromatic N) is 3. The minimum absolute atomic E-state index is 0.0977. The molecule has 7 nitrogen and oxygen atoms in total. The zero-order chi connectivity index (χ0) is 17.4. The van der Waals surface area contributed by atoms with Gasteiger partial charge in [-0.1, -0.05) is 5.21 Å². The SMILES string of the molecule is CC(C)(C)C(=O)OCn1nncc1CCOCCC1CCNCC1. The lowest BCUT2D eigenvalue weighted by molar-refractivity contribution is -0.157. The van der Waals surface area contributed by atoms with Crippen LogP contribution in [0.3, 0.4) is 0 Å². The lowest BCUT2D eigenvalue weighted by atomic mass is 9.95. The van der Waals surface area contributed by atoms with E-state index in [0.717, 1.165) is 37.7 Å². The van der Waals surface area contributed by atoms with Gasteiger partial charge in [0.2, 0.25) is 0 Å². The first-order valence-corrected chi connectivity index (χ1v) is 8.80. The monoisotopic (exact) mass is 338 g/mol. The van der Waals surface area contributed by atoms with Gasteiger partial charge in [0.05, 0.1) is 23.9 Å². The fourth-order valence-electron chi connectivity index (χ4n) is 2.62. The highest BCUT2D eigenvalue weighted by Crippen LogP contribution is 2.16. The van der Waals surface area contributed by atoms with Crippen molar-refractivity contribution >= 4 is 5.97 Å². The smallest absolute Gasteiger partial charge is 0.313 e. The van der Waals surface area contributed by atoms with Crippen LogP contribution in [0.15, 0.2) is 6.20 Å². The summed E-state index contributed by atoms with van der Waals surface area (Å²) >= 11 is 0. The van der Waals surface area contributed by atoms with Gasteiger partial charge in [0, 0.05) is 13.0 Å². The molecule has 0 spiro atoms. The van der Waals surface area contributed by atoms with Crippen molar-refractivity contribution in [1.82, 2.24) is 20.3 Å². The zero-order valence-electron chi connectivity index (χ0n) is 15.1. The van der Waals surface area contributed by atoms with E-state index in [1.807, 2.05) is 20.8 Å². The maximum Gasteiger partial charge on any atom is 0.313 e. The van der Waals surface area contributed by atoms with Crippen molar-refractivity contribution < 1.29 is 14.3 Å². The van der Waals surface area contributed by atoms with Crippen LogP contribution in [0.5, 0.6) is 0 Å². The molecule has 1 fully saturated rings. The second kappa shape index (κ2) is 9.13. The first-order valence-electron chi connectivity index (χ1n) is 8.80. The molecule has 1 N–H and O–H groups in total. The maximum absolute atomic E-state index is 11.8. The molecule has 2 heterocycles. The molecule has 1 aliphatic rings. The van der Waals surface area contributed by atoms with Crippen LogP contribution in [0.2, 0.25) is 0 Å². The van der Waals surface area contributed by atoms with Crippen molar-refractivity contribution in [3.63, 3.8) is 0 Å². The Hall–Kier alpha value is -1.47. The third-order valence-corrected chi connectivity index (χ3v) is 4.26. The van der Waals surface area contributed by atoms with E-state index in [2.05, 4.69) is 15.6 Å². The summed E-state index contributed by atoms with van der Waals surface area (Å²) in [5.41, 5.74) is 0.400. The predicted octanol–water partition coefficient (Wildman–Crippen LogP) is 1.77. The Morgan fingerprint density at radius 1 is 1.33 bits per heavy atom. The molecule has 1 aliphatic heterocycles. The number of carbonyl (C=O) groups excluding carboxylic acids is 1. The molecule has 1 saturated heterocycles. The van der Waals surface area contributed by atoms with Gasteiger partial charge >= 0.3 is 5.97 Å².